The van der Waals surface area contributed by atoms with Crippen LogP contribution in [0.4, 0.5) is 8.78 Å². The lowest BCUT2D eigenvalue weighted by Gasteiger charge is -2.03. The van der Waals surface area contributed by atoms with E-state index in [1.54, 1.807) is 36.4 Å². The first kappa shape index (κ1) is 14.7. The van der Waals surface area contributed by atoms with Crippen LogP contribution in [0.5, 0.6) is 0 Å². The Morgan fingerprint density at radius 1 is 1.19 bits per heavy atom. The second-order valence-corrected chi connectivity index (χ2v) is 4.25. The van der Waals surface area contributed by atoms with E-state index in [9.17, 15) is 8.78 Å². The van der Waals surface area contributed by atoms with Gasteiger partial charge in [-0.2, -0.15) is 5.26 Å². The molecule has 106 valence electrons. The van der Waals surface area contributed by atoms with Crippen molar-refractivity contribution in [2.75, 3.05) is 0 Å². The molecule has 2 aromatic carbocycles. The van der Waals surface area contributed by atoms with E-state index in [0.717, 1.165) is 0 Å². The van der Waals surface area contributed by atoms with E-state index < -0.39 is 6.43 Å². The zero-order valence-corrected chi connectivity index (χ0v) is 11.0. The third kappa shape index (κ3) is 4.11. The number of halogens is 2. The van der Waals surface area contributed by atoms with Gasteiger partial charge in [0.15, 0.2) is 0 Å². The molecular formula is C16H12F2N2O. The molecule has 0 aliphatic heterocycles. The van der Waals surface area contributed by atoms with Gasteiger partial charge in [-0.15, -0.1) is 0 Å². The molecule has 5 heteroatoms. The third-order valence-corrected chi connectivity index (χ3v) is 2.78. The molecular weight excluding hydrogens is 274 g/mol. The largest absolute Gasteiger partial charge is 0.391 e. The SMILES string of the molecule is N#Cc1ccccc1C=NOCc1cccc(C(F)F)c1. The molecule has 0 spiro atoms. The lowest BCUT2D eigenvalue weighted by atomic mass is 10.1. The monoisotopic (exact) mass is 286 g/mol. The van der Waals surface area contributed by atoms with Gasteiger partial charge in [-0.25, -0.2) is 8.78 Å². The number of benzene rings is 2. The molecule has 0 fully saturated rings. The second kappa shape index (κ2) is 7.15. The predicted octanol–water partition coefficient (Wildman–Crippen LogP) is 4.05. The van der Waals surface area contributed by atoms with Crippen LogP contribution in [0.3, 0.4) is 0 Å². The highest BCUT2D eigenvalue weighted by atomic mass is 19.3. The van der Waals surface area contributed by atoms with Gasteiger partial charge in [-0.05, 0) is 17.7 Å². The highest BCUT2D eigenvalue weighted by Crippen LogP contribution is 2.19. The van der Waals surface area contributed by atoms with E-state index in [2.05, 4.69) is 5.16 Å². The molecule has 2 aromatic rings. The van der Waals surface area contributed by atoms with Crippen LogP contribution in [0.15, 0.2) is 53.7 Å². The van der Waals surface area contributed by atoms with Gasteiger partial charge in [0.1, 0.15) is 6.61 Å². The van der Waals surface area contributed by atoms with Gasteiger partial charge < -0.3 is 4.84 Å². The van der Waals surface area contributed by atoms with Gasteiger partial charge in [0, 0.05) is 11.1 Å². The van der Waals surface area contributed by atoms with Crippen molar-refractivity contribution in [3.63, 3.8) is 0 Å². The maximum atomic E-state index is 12.5. The van der Waals surface area contributed by atoms with Crippen LogP contribution in [0.1, 0.15) is 28.7 Å². The predicted molar refractivity (Wildman–Crippen MR) is 74.9 cm³/mol. The number of hydrogen-bond donors (Lipinski definition) is 0. The summed E-state index contributed by atoms with van der Waals surface area (Å²) in [4.78, 5) is 5.07. The Bertz CT molecular complexity index is 678. The average molecular weight is 286 g/mol. The molecule has 0 bridgehead atoms. The summed E-state index contributed by atoms with van der Waals surface area (Å²) in [6.07, 6.45) is -1.08. The van der Waals surface area contributed by atoms with Gasteiger partial charge in [0.05, 0.1) is 17.8 Å². The first-order valence-electron chi connectivity index (χ1n) is 6.22. The molecule has 0 aliphatic carbocycles. The molecule has 3 nitrogen and oxygen atoms in total. The number of nitriles is 1. The van der Waals surface area contributed by atoms with E-state index in [0.29, 0.717) is 16.7 Å². The van der Waals surface area contributed by atoms with Crippen LogP contribution in [0.2, 0.25) is 0 Å². The Hall–Kier alpha value is -2.74. The summed E-state index contributed by atoms with van der Waals surface area (Å²) in [7, 11) is 0. The standard InChI is InChI=1S/C16H12F2N2O/c17-16(18)13-7-3-4-12(8-13)11-21-20-10-15-6-2-1-5-14(15)9-19/h1-8,10,16H,11H2. The first-order chi connectivity index (χ1) is 10.2. The molecule has 21 heavy (non-hydrogen) atoms. The quantitative estimate of drug-likeness (QED) is 0.615. The zero-order valence-electron chi connectivity index (χ0n) is 11.0. The number of oxime groups is 1. The summed E-state index contributed by atoms with van der Waals surface area (Å²) >= 11 is 0. The number of nitrogens with zero attached hydrogens (tertiary/aromatic N) is 2. The van der Waals surface area contributed by atoms with Crippen LogP contribution < -0.4 is 0 Å². The smallest absolute Gasteiger partial charge is 0.263 e. The summed E-state index contributed by atoms with van der Waals surface area (Å²) in [6, 6.07) is 15.0. The molecule has 0 aliphatic rings. The molecule has 0 radical (unpaired) electrons. The summed E-state index contributed by atoms with van der Waals surface area (Å²) in [5.74, 6) is 0. The Kier molecular flexibility index (Phi) is 4.99. The molecule has 0 atom stereocenters. The molecule has 0 aromatic heterocycles. The van der Waals surface area contributed by atoms with E-state index in [1.807, 2.05) is 6.07 Å². The fourth-order valence-corrected chi connectivity index (χ4v) is 1.74. The lowest BCUT2D eigenvalue weighted by Crippen LogP contribution is -1.92. The Balaban J connectivity index is 1.97. The minimum atomic E-state index is -2.50. The molecule has 0 heterocycles. The number of rotatable bonds is 5. The van der Waals surface area contributed by atoms with Crippen LogP contribution >= 0.6 is 0 Å². The topological polar surface area (TPSA) is 45.4 Å². The van der Waals surface area contributed by atoms with E-state index >= 15 is 0 Å². The van der Waals surface area contributed by atoms with Crippen molar-refractivity contribution in [2.24, 2.45) is 5.16 Å². The maximum Gasteiger partial charge on any atom is 0.263 e. The van der Waals surface area contributed by atoms with Crippen molar-refractivity contribution in [1.29, 1.82) is 5.26 Å². The van der Waals surface area contributed by atoms with Gasteiger partial charge in [-0.1, -0.05) is 41.6 Å². The maximum absolute atomic E-state index is 12.5. The van der Waals surface area contributed by atoms with Crippen molar-refractivity contribution in [3.8, 4) is 6.07 Å². The van der Waals surface area contributed by atoms with E-state index in [1.165, 1.54) is 18.3 Å². The summed E-state index contributed by atoms with van der Waals surface area (Å²) in [5.41, 5.74) is 1.69. The van der Waals surface area contributed by atoms with Crippen LogP contribution in [-0.4, -0.2) is 6.21 Å². The molecule has 0 saturated carbocycles. The van der Waals surface area contributed by atoms with Crippen molar-refractivity contribution < 1.29 is 13.6 Å². The molecule has 0 amide bonds. The highest BCUT2D eigenvalue weighted by Gasteiger charge is 2.06. The summed E-state index contributed by atoms with van der Waals surface area (Å²) < 4.78 is 25.1. The molecule has 0 saturated heterocycles. The highest BCUT2D eigenvalue weighted by molar-refractivity contribution is 5.82. The van der Waals surface area contributed by atoms with E-state index in [-0.39, 0.29) is 12.2 Å². The van der Waals surface area contributed by atoms with Gasteiger partial charge in [-0.3, -0.25) is 0 Å². The molecule has 2 rings (SSSR count). The average Bonchev–Trinajstić information content (AvgIpc) is 2.52. The van der Waals surface area contributed by atoms with Crippen molar-refractivity contribution in [1.82, 2.24) is 0 Å². The Labute approximate surface area is 121 Å². The zero-order chi connectivity index (χ0) is 15.1. The lowest BCUT2D eigenvalue weighted by molar-refractivity contribution is 0.130. The number of alkyl halides is 2. The van der Waals surface area contributed by atoms with Gasteiger partial charge >= 0.3 is 0 Å². The third-order valence-electron chi connectivity index (χ3n) is 2.78. The Morgan fingerprint density at radius 2 is 2.00 bits per heavy atom. The number of hydrogen-bond acceptors (Lipinski definition) is 3. The normalized spacial score (nSPS) is 10.8. The van der Waals surface area contributed by atoms with Crippen LogP contribution in [-0.2, 0) is 11.4 Å². The van der Waals surface area contributed by atoms with Crippen molar-refractivity contribution >= 4 is 6.21 Å². The Morgan fingerprint density at radius 3 is 2.76 bits per heavy atom. The molecule has 0 unspecified atom stereocenters. The summed E-state index contributed by atoms with van der Waals surface area (Å²) in [6.45, 7) is 0.0891. The summed E-state index contributed by atoms with van der Waals surface area (Å²) in [5, 5.41) is 12.7. The van der Waals surface area contributed by atoms with E-state index in [4.69, 9.17) is 10.1 Å². The van der Waals surface area contributed by atoms with Crippen molar-refractivity contribution in [2.45, 2.75) is 13.0 Å². The van der Waals surface area contributed by atoms with Gasteiger partial charge in [0.2, 0.25) is 0 Å². The van der Waals surface area contributed by atoms with Crippen LogP contribution in [0.25, 0.3) is 0 Å². The minimum Gasteiger partial charge on any atom is -0.391 e. The van der Waals surface area contributed by atoms with Crippen LogP contribution in [0, 0.1) is 11.3 Å². The fraction of sp³-hybridized carbons (Fsp3) is 0.125. The van der Waals surface area contributed by atoms with Gasteiger partial charge in [0.25, 0.3) is 6.43 Å². The van der Waals surface area contributed by atoms with Crippen molar-refractivity contribution in [3.05, 3.63) is 70.8 Å². The molecule has 0 N–H and O–H groups in total. The minimum absolute atomic E-state index is 0.0464. The second-order valence-electron chi connectivity index (χ2n) is 4.25. The first-order valence-corrected chi connectivity index (χ1v) is 6.22. The fourth-order valence-electron chi connectivity index (χ4n) is 1.74.